The molecule has 0 radical (unpaired) electrons. The topological polar surface area (TPSA) is 15.3 Å². The van der Waals surface area contributed by atoms with Crippen molar-refractivity contribution in [3.05, 3.63) is 26.6 Å². The molecule has 2 fully saturated rings. The van der Waals surface area contributed by atoms with Crippen LogP contribution in [0, 0.1) is 6.92 Å². The first kappa shape index (κ1) is 13.9. The van der Waals surface area contributed by atoms with E-state index in [1.54, 1.807) is 0 Å². The standard InChI is InChI=1S/C15H20Br2N2/c1-10-8-11(16)15(12(17)9-10)18-13-5-7-19-6-3-2-4-14(13)19/h8-9,13-14,18H,2-7H2,1H3. The molecule has 0 saturated carbocycles. The zero-order valence-corrected chi connectivity index (χ0v) is 14.4. The first-order chi connectivity index (χ1) is 9.15. The molecular formula is C15H20Br2N2. The van der Waals surface area contributed by atoms with E-state index in [1.807, 2.05) is 0 Å². The Labute approximate surface area is 132 Å². The van der Waals surface area contributed by atoms with Crippen LogP contribution in [0.25, 0.3) is 0 Å². The first-order valence-corrected chi connectivity index (χ1v) is 8.70. The van der Waals surface area contributed by atoms with Gasteiger partial charge in [0.25, 0.3) is 0 Å². The van der Waals surface area contributed by atoms with Crippen molar-refractivity contribution in [1.29, 1.82) is 0 Å². The van der Waals surface area contributed by atoms with Crippen LogP contribution in [0.15, 0.2) is 21.1 Å². The average Bonchev–Trinajstić information content (AvgIpc) is 2.77. The number of piperidine rings is 1. The second kappa shape index (κ2) is 5.74. The molecule has 2 unspecified atom stereocenters. The van der Waals surface area contributed by atoms with E-state index in [1.165, 1.54) is 50.0 Å². The third-order valence-electron chi connectivity index (χ3n) is 4.37. The molecule has 19 heavy (non-hydrogen) atoms. The summed E-state index contributed by atoms with van der Waals surface area (Å²) >= 11 is 7.37. The van der Waals surface area contributed by atoms with Crippen LogP contribution < -0.4 is 5.32 Å². The number of nitrogens with one attached hydrogen (secondary N) is 1. The third kappa shape index (κ3) is 2.86. The highest BCUT2D eigenvalue weighted by atomic mass is 79.9. The van der Waals surface area contributed by atoms with Gasteiger partial charge in [0, 0.05) is 27.6 Å². The first-order valence-electron chi connectivity index (χ1n) is 7.11. The monoisotopic (exact) mass is 386 g/mol. The van der Waals surface area contributed by atoms with E-state index in [9.17, 15) is 0 Å². The van der Waals surface area contributed by atoms with Gasteiger partial charge < -0.3 is 5.32 Å². The Morgan fingerprint density at radius 1 is 1.11 bits per heavy atom. The molecule has 2 nitrogen and oxygen atoms in total. The fourth-order valence-corrected chi connectivity index (χ4v) is 5.08. The maximum absolute atomic E-state index is 3.77. The van der Waals surface area contributed by atoms with Crippen molar-refractivity contribution in [2.45, 2.75) is 44.7 Å². The predicted molar refractivity (Wildman–Crippen MR) is 87.8 cm³/mol. The van der Waals surface area contributed by atoms with Crippen LogP contribution in [-0.4, -0.2) is 30.1 Å². The highest BCUT2D eigenvalue weighted by Crippen LogP contribution is 2.36. The van der Waals surface area contributed by atoms with Crippen LogP contribution in [0.2, 0.25) is 0 Å². The van der Waals surface area contributed by atoms with E-state index >= 15 is 0 Å². The van der Waals surface area contributed by atoms with Crippen molar-refractivity contribution < 1.29 is 0 Å². The van der Waals surface area contributed by atoms with E-state index in [0.717, 1.165) is 15.0 Å². The SMILES string of the molecule is Cc1cc(Br)c(NC2CCN3CCCCC23)c(Br)c1. The lowest BCUT2D eigenvalue weighted by atomic mass is 9.99. The molecular weight excluding hydrogens is 368 g/mol. The van der Waals surface area contributed by atoms with Gasteiger partial charge in [-0.2, -0.15) is 0 Å². The number of halogens is 2. The van der Waals surface area contributed by atoms with E-state index in [0.29, 0.717) is 6.04 Å². The molecule has 2 heterocycles. The minimum atomic E-state index is 0.593. The highest BCUT2D eigenvalue weighted by molar-refractivity contribution is 9.11. The maximum Gasteiger partial charge on any atom is 0.0631 e. The summed E-state index contributed by atoms with van der Waals surface area (Å²) in [7, 11) is 0. The van der Waals surface area contributed by atoms with Crippen molar-refractivity contribution in [2.75, 3.05) is 18.4 Å². The van der Waals surface area contributed by atoms with Gasteiger partial charge in [0.2, 0.25) is 0 Å². The summed E-state index contributed by atoms with van der Waals surface area (Å²) in [5, 5.41) is 3.77. The van der Waals surface area contributed by atoms with Crippen molar-refractivity contribution >= 4 is 37.5 Å². The minimum absolute atomic E-state index is 0.593. The van der Waals surface area contributed by atoms with E-state index < -0.39 is 0 Å². The molecule has 0 amide bonds. The van der Waals surface area contributed by atoms with Crippen molar-refractivity contribution in [3.8, 4) is 0 Å². The Kier molecular flexibility index (Phi) is 4.20. The lowest BCUT2D eigenvalue weighted by Gasteiger charge is -2.33. The third-order valence-corrected chi connectivity index (χ3v) is 5.62. The zero-order valence-electron chi connectivity index (χ0n) is 11.3. The number of aryl methyl sites for hydroxylation is 1. The Balaban J connectivity index is 1.78. The normalized spacial score (nSPS) is 27.3. The second-order valence-corrected chi connectivity index (χ2v) is 7.45. The quantitative estimate of drug-likeness (QED) is 0.800. The number of nitrogens with zero attached hydrogens (tertiary/aromatic N) is 1. The predicted octanol–water partition coefficient (Wildman–Crippen LogP) is 4.56. The van der Waals surface area contributed by atoms with E-state index in [4.69, 9.17) is 0 Å². The Morgan fingerprint density at radius 2 is 1.84 bits per heavy atom. The van der Waals surface area contributed by atoms with Gasteiger partial charge >= 0.3 is 0 Å². The Bertz CT molecular complexity index is 452. The van der Waals surface area contributed by atoms with Gasteiger partial charge in [-0.1, -0.05) is 6.42 Å². The highest BCUT2D eigenvalue weighted by Gasteiger charge is 2.35. The summed E-state index contributed by atoms with van der Waals surface area (Å²) < 4.78 is 2.32. The van der Waals surface area contributed by atoms with Gasteiger partial charge in [-0.15, -0.1) is 0 Å². The maximum atomic E-state index is 3.77. The van der Waals surface area contributed by atoms with Crippen molar-refractivity contribution in [3.63, 3.8) is 0 Å². The van der Waals surface area contributed by atoms with Gasteiger partial charge in [0.1, 0.15) is 0 Å². The molecule has 0 spiro atoms. The smallest absolute Gasteiger partial charge is 0.0631 e. The number of hydrogen-bond acceptors (Lipinski definition) is 2. The zero-order chi connectivity index (χ0) is 13.4. The van der Waals surface area contributed by atoms with Crippen LogP contribution in [0.4, 0.5) is 5.69 Å². The van der Waals surface area contributed by atoms with E-state index in [-0.39, 0.29) is 0 Å². The van der Waals surface area contributed by atoms with Crippen molar-refractivity contribution in [2.24, 2.45) is 0 Å². The molecule has 4 heteroatoms. The fourth-order valence-electron chi connectivity index (χ4n) is 3.44. The Morgan fingerprint density at radius 3 is 2.58 bits per heavy atom. The molecule has 104 valence electrons. The molecule has 0 aromatic heterocycles. The van der Waals surface area contributed by atoms with Crippen LogP contribution in [0.3, 0.4) is 0 Å². The summed E-state index contributed by atoms with van der Waals surface area (Å²) in [5.41, 5.74) is 2.48. The molecule has 1 N–H and O–H groups in total. The van der Waals surface area contributed by atoms with Gasteiger partial charge in [0.05, 0.1) is 5.69 Å². The van der Waals surface area contributed by atoms with Crippen LogP contribution in [0.5, 0.6) is 0 Å². The summed E-state index contributed by atoms with van der Waals surface area (Å²) in [6.07, 6.45) is 5.37. The molecule has 0 aliphatic carbocycles. The van der Waals surface area contributed by atoms with E-state index in [2.05, 4.69) is 61.1 Å². The van der Waals surface area contributed by atoms with Gasteiger partial charge in [-0.05, 0) is 82.3 Å². The molecule has 0 bridgehead atoms. The molecule has 2 atom stereocenters. The van der Waals surface area contributed by atoms with Crippen molar-refractivity contribution in [1.82, 2.24) is 4.90 Å². The number of anilines is 1. The molecule has 1 aromatic carbocycles. The van der Waals surface area contributed by atoms with Crippen LogP contribution in [-0.2, 0) is 0 Å². The summed E-state index contributed by atoms with van der Waals surface area (Å²) in [6.45, 7) is 4.67. The summed E-state index contributed by atoms with van der Waals surface area (Å²) in [5.74, 6) is 0. The largest absolute Gasteiger partial charge is 0.379 e. The molecule has 3 rings (SSSR count). The molecule has 2 aliphatic rings. The average molecular weight is 388 g/mol. The van der Waals surface area contributed by atoms with Crippen LogP contribution >= 0.6 is 31.9 Å². The molecule has 2 aliphatic heterocycles. The fraction of sp³-hybridized carbons (Fsp3) is 0.600. The van der Waals surface area contributed by atoms with Crippen LogP contribution in [0.1, 0.15) is 31.2 Å². The van der Waals surface area contributed by atoms with Gasteiger partial charge in [-0.3, -0.25) is 4.90 Å². The second-order valence-electron chi connectivity index (χ2n) is 5.74. The number of rotatable bonds is 2. The van der Waals surface area contributed by atoms with Gasteiger partial charge in [-0.25, -0.2) is 0 Å². The lowest BCUT2D eigenvalue weighted by Crippen LogP contribution is -2.41. The number of fused-ring (bicyclic) bond motifs is 1. The lowest BCUT2D eigenvalue weighted by molar-refractivity contribution is 0.192. The number of benzene rings is 1. The number of hydrogen-bond donors (Lipinski definition) is 1. The Hall–Kier alpha value is -0.0600. The minimum Gasteiger partial charge on any atom is -0.379 e. The molecule has 2 saturated heterocycles. The summed E-state index contributed by atoms with van der Waals surface area (Å²) in [6, 6.07) is 5.69. The summed E-state index contributed by atoms with van der Waals surface area (Å²) in [4.78, 5) is 2.66. The molecule has 1 aromatic rings. The van der Waals surface area contributed by atoms with Gasteiger partial charge in [0.15, 0.2) is 0 Å².